The van der Waals surface area contributed by atoms with E-state index in [1.807, 2.05) is 6.92 Å². The van der Waals surface area contributed by atoms with Crippen LogP contribution < -0.4 is 5.73 Å². The lowest BCUT2D eigenvalue weighted by atomic mass is 10.2. The predicted octanol–water partition coefficient (Wildman–Crippen LogP) is 1.93. The van der Waals surface area contributed by atoms with Crippen LogP contribution in [0.5, 0.6) is 0 Å². The quantitative estimate of drug-likeness (QED) is 0.785. The Bertz CT molecular complexity index is 309. The molecule has 4 nitrogen and oxygen atoms in total. The van der Waals surface area contributed by atoms with Crippen LogP contribution in [0.3, 0.4) is 0 Å². The fourth-order valence-electron chi connectivity index (χ4n) is 1.67. The SMILES string of the molecule is CC1CCC(c2cnc(C(C)N)o2)O1. The molecule has 1 aromatic rings. The van der Waals surface area contributed by atoms with Gasteiger partial charge in [0.25, 0.3) is 0 Å². The minimum atomic E-state index is -0.150. The lowest BCUT2D eigenvalue weighted by Crippen LogP contribution is -2.04. The molecule has 1 aliphatic rings. The van der Waals surface area contributed by atoms with E-state index in [2.05, 4.69) is 11.9 Å². The molecule has 0 aliphatic carbocycles. The first-order valence-corrected chi connectivity index (χ1v) is 5.03. The van der Waals surface area contributed by atoms with Crippen molar-refractivity contribution in [1.29, 1.82) is 0 Å². The van der Waals surface area contributed by atoms with Crippen LogP contribution >= 0.6 is 0 Å². The first-order valence-electron chi connectivity index (χ1n) is 5.03. The van der Waals surface area contributed by atoms with E-state index in [0.717, 1.165) is 18.6 Å². The molecule has 2 heterocycles. The molecule has 0 bridgehead atoms. The van der Waals surface area contributed by atoms with E-state index in [1.54, 1.807) is 6.20 Å². The summed E-state index contributed by atoms with van der Waals surface area (Å²) in [7, 11) is 0. The fourth-order valence-corrected chi connectivity index (χ4v) is 1.67. The highest BCUT2D eigenvalue weighted by molar-refractivity contribution is 5.02. The molecule has 0 amide bonds. The molecule has 1 aliphatic heterocycles. The molecule has 14 heavy (non-hydrogen) atoms. The second-order valence-electron chi connectivity index (χ2n) is 3.90. The van der Waals surface area contributed by atoms with Crippen molar-refractivity contribution in [2.24, 2.45) is 5.73 Å². The molecule has 1 fully saturated rings. The van der Waals surface area contributed by atoms with Crippen molar-refractivity contribution in [3.8, 4) is 0 Å². The predicted molar refractivity (Wildman–Crippen MR) is 51.6 cm³/mol. The van der Waals surface area contributed by atoms with Gasteiger partial charge in [0.05, 0.1) is 18.3 Å². The number of hydrogen-bond acceptors (Lipinski definition) is 4. The standard InChI is InChI=1S/C10H16N2O2/c1-6-3-4-8(13-6)9-5-12-10(14-9)7(2)11/h5-8H,3-4,11H2,1-2H3. The average molecular weight is 196 g/mol. The molecule has 3 unspecified atom stereocenters. The Kier molecular flexibility index (Phi) is 2.56. The second kappa shape index (κ2) is 3.71. The van der Waals surface area contributed by atoms with Crippen molar-refractivity contribution in [3.05, 3.63) is 17.8 Å². The Balaban J connectivity index is 2.09. The van der Waals surface area contributed by atoms with Gasteiger partial charge in [0.15, 0.2) is 5.76 Å². The highest BCUT2D eigenvalue weighted by atomic mass is 16.5. The molecular formula is C10H16N2O2. The highest BCUT2D eigenvalue weighted by Gasteiger charge is 2.26. The molecule has 4 heteroatoms. The zero-order valence-electron chi connectivity index (χ0n) is 8.56. The molecule has 2 N–H and O–H groups in total. The Morgan fingerprint density at radius 2 is 2.36 bits per heavy atom. The van der Waals surface area contributed by atoms with Crippen molar-refractivity contribution >= 4 is 0 Å². The van der Waals surface area contributed by atoms with Gasteiger partial charge in [-0.2, -0.15) is 0 Å². The summed E-state index contributed by atoms with van der Waals surface area (Å²) in [6.07, 6.45) is 4.21. The number of nitrogens with zero attached hydrogens (tertiary/aromatic N) is 1. The van der Waals surface area contributed by atoms with Gasteiger partial charge in [0, 0.05) is 0 Å². The summed E-state index contributed by atoms with van der Waals surface area (Å²) in [5.41, 5.74) is 5.66. The minimum Gasteiger partial charge on any atom is -0.441 e. The molecule has 2 rings (SSSR count). The van der Waals surface area contributed by atoms with E-state index in [1.165, 1.54) is 0 Å². The fraction of sp³-hybridized carbons (Fsp3) is 0.700. The van der Waals surface area contributed by atoms with E-state index in [4.69, 9.17) is 14.9 Å². The Hall–Kier alpha value is -0.870. The Morgan fingerprint density at radius 1 is 1.57 bits per heavy atom. The summed E-state index contributed by atoms with van der Waals surface area (Å²) in [4.78, 5) is 4.11. The van der Waals surface area contributed by atoms with Gasteiger partial charge in [-0.1, -0.05) is 0 Å². The summed E-state index contributed by atoms with van der Waals surface area (Å²) >= 11 is 0. The van der Waals surface area contributed by atoms with E-state index >= 15 is 0 Å². The van der Waals surface area contributed by atoms with Crippen LogP contribution in [-0.2, 0) is 4.74 Å². The van der Waals surface area contributed by atoms with Gasteiger partial charge in [-0.15, -0.1) is 0 Å². The van der Waals surface area contributed by atoms with Crippen molar-refractivity contribution in [2.75, 3.05) is 0 Å². The first kappa shape index (κ1) is 9.68. The zero-order valence-corrected chi connectivity index (χ0v) is 8.56. The van der Waals surface area contributed by atoms with Crippen LogP contribution in [0.25, 0.3) is 0 Å². The molecule has 78 valence electrons. The number of oxazole rings is 1. The van der Waals surface area contributed by atoms with Gasteiger partial charge in [0.2, 0.25) is 5.89 Å². The lowest BCUT2D eigenvalue weighted by Gasteiger charge is -2.06. The summed E-state index contributed by atoms with van der Waals surface area (Å²) in [6, 6.07) is -0.150. The summed E-state index contributed by atoms with van der Waals surface area (Å²) < 4.78 is 11.2. The number of aromatic nitrogens is 1. The van der Waals surface area contributed by atoms with Crippen LogP contribution in [-0.4, -0.2) is 11.1 Å². The molecule has 0 radical (unpaired) electrons. The van der Waals surface area contributed by atoms with Gasteiger partial charge in [0.1, 0.15) is 6.10 Å². The van der Waals surface area contributed by atoms with Gasteiger partial charge >= 0.3 is 0 Å². The maximum Gasteiger partial charge on any atom is 0.211 e. The third-order valence-corrected chi connectivity index (χ3v) is 2.48. The molecule has 0 aromatic carbocycles. The number of ether oxygens (including phenoxy) is 1. The maximum absolute atomic E-state index is 5.67. The van der Waals surface area contributed by atoms with E-state index in [0.29, 0.717) is 12.0 Å². The van der Waals surface area contributed by atoms with Crippen molar-refractivity contribution < 1.29 is 9.15 Å². The maximum atomic E-state index is 5.67. The number of rotatable bonds is 2. The van der Waals surface area contributed by atoms with Crippen molar-refractivity contribution in [1.82, 2.24) is 4.98 Å². The van der Waals surface area contributed by atoms with Gasteiger partial charge in [-0.05, 0) is 26.7 Å². The molecule has 3 atom stereocenters. The summed E-state index contributed by atoms with van der Waals surface area (Å²) in [5.74, 6) is 1.39. The van der Waals surface area contributed by atoms with Gasteiger partial charge < -0.3 is 14.9 Å². The summed E-state index contributed by atoms with van der Waals surface area (Å²) in [6.45, 7) is 3.93. The van der Waals surface area contributed by atoms with E-state index in [9.17, 15) is 0 Å². The number of nitrogens with two attached hydrogens (primary N) is 1. The average Bonchev–Trinajstić information content (AvgIpc) is 2.70. The van der Waals surface area contributed by atoms with Crippen molar-refractivity contribution in [3.63, 3.8) is 0 Å². The smallest absolute Gasteiger partial charge is 0.211 e. The van der Waals surface area contributed by atoms with Crippen LogP contribution in [0.15, 0.2) is 10.6 Å². The molecule has 1 saturated heterocycles. The molecule has 0 spiro atoms. The molecule has 0 saturated carbocycles. The van der Waals surface area contributed by atoms with Crippen LogP contribution in [0, 0.1) is 0 Å². The third kappa shape index (κ3) is 1.81. The van der Waals surface area contributed by atoms with Crippen molar-refractivity contribution in [2.45, 2.75) is 44.9 Å². The van der Waals surface area contributed by atoms with E-state index in [-0.39, 0.29) is 12.1 Å². The molecule has 1 aromatic heterocycles. The normalized spacial score (nSPS) is 29.4. The van der Waals surface area contributed by atoms with Crippen LogP contribution in [0.2, 0.25) is 0 Å². The zero-order chi connectivity index (χ0) is 10.1. The Labute approximate surface area is 83.4 Å². The number of hydrogen-bond donors (Lipinski definition) is 1. The third-order valence-electron chi connectivity index (χ3n) is 2.48. The second-order valence-corrected chi connectivity index (χ2v) is 3.90. The largest absolute Gasteiger partial charge is 0.441 e. The topological polar surface area (TPSA) is 61.3 Å². The lowest BCUT2D eigenvalue weighted by molar-refractivity contribution is 0.0415. The minimum absolute atomic E-state index is 0.0741. The summed E-state index contributed by atoms with van der Waals surface area (Å²) in [5, 5.41) is 0. The molecular weight excluding hydrogens is 180 g/mol. The highest BCUT2D eigenvalue weighted by Crippen LogP contribution is 2.33. The Morgan fingerprint density at radius 3 is 2.86 bits per heavy atom. The van der Waals surface area contributed by atoms with Crippen LogP contribution in [0.4, 0.5) is 0 Å². The monoisotopic (exact) mass is 196 g/mol. The first-order chi connectivity index (χ1) is 6.66. The van der Waals surface area contributed by atoms with Crippen LogP contribution in [0.1, 0.15) is 50.5 Å². The van der Waals surface area contributed by atoms with E-state index < -0.39 is 0 Å². The van der Waals surface area contributed by atoms with Gasteiger partial charge in [-0.3, -0.25) is 0 Å². The van der Waals surface area contributed by atoms with Gasteiger partial charge in [-0.25, -0.2) is 4.98 Å².